The first-order valence-corrected chi connectivity index (χ1v) is 12.6. The lowest BCUT2D eigenvalue weighted by atomic mass is 9.90. The highest BCUT2D eigenvalue weighted by atomic mass is 19.1. The molecule has 0 amide bonds. The standard InChI is InChI=1S/C27H33FN6O2/c1-31-26(36)17-25(23-8-9-29-18-24(23)28)30-27(31)34-10-2-3-21(19-34)20-4-6-22(7-5-20)33-13-11-32(12-14-33)15-16-35/h4-9,17-18,21,35H,2-3,10-16,19H2,1H3. The van der Waals surface area contributed by atoms with Crippen molar-refractivity contribution in [1.82, 2.24) is 19.4 Å². The Morgan fingerprint density at radius 1 is 1.06 bits per heavy atom. The van der Waals surface area contributed by atoms with Crippen LogP contribution in [0.15, 0.2) is 53.6 Å². The SMILES string of the molecule is Cn1c(N2CCCC(c3ccc(N4CCN(CCO)CC4)cc3)C2)nc(-c2ccncc2F)cc1=O. The number of benzene rings is 1. The molecule has 0 aliphatic carbocycles. The number of aromatic nitrogens is 3. The maximum Gasteiger partial charge on any atom is 0.255 e. The minimum Gasteiger partial charge on any atom is -0.395 e. The molecule has 4 heterocycles. The van der Waals surface area contributed by atoms with Crippen LogP contribution < -0.4 is 15.4 Å². The van der Waals surface area contributed by atoms with Gasteiger partial charge in [0.05, 0.1) is 18.5 Å². The van der Waals surface area contributed by atoms with Gasteiger partial charge in [-0.15, -0.1) is 0 Å². The fourth-order valence-corrected chi connectivity index (χ4v) is 5.29. The second kappa shape index (κ2) is 10.8. The van der Waals surface area contributed by atoms with Crippen LogP contribution in [0.25, 0.3) is 11.3 Å². The quantitative estimate of drug-likeness (QED) is 0.567. The largest absolute Gasteiger partial charge is 0.395 e. The number of pyridine rings is 1. The van der Waals surface area contributed by atoms with E-state index in [2.05, 4.69) is 43.9 Å². The van der Waals surface area contributed by atoms with E-state index in [4.69, 9.17) is 10.1 Å². The Kier molecular flexibility index (Phi) is 7.29. The van der Waals surface area contributed by atoms with E-state index in [0.29, 0.717) is 17.6 Å². The molecule has 0 bridgehead atoms. The number of hydrogen-bond donors (Lipinski definition) is 1. The van der Waals surface area contributed by atoms with E-state index < -0.39 is 5.82 Å². The Morgan fingerprint density at radius 3 is 2.56 bits per heavy atom. The van der Waals surface area contributed by atoms with Crippen molar-refractivity contribution in [1.29, 1.82) is 0 Å². The maximum atomic E-state index is 14.3. The van der Waals surface area contributed by atoms with Crippen molar-refractivity contribution in [2.24, 2.45) is 7.05 Å². The molecule has 2 aliphatic heterocycles. The predicted octanol–water partition coefficient (Wildman–Crippen LogP) is 2.48. The number of nitrogens with zero attached hydrogens (tertiary/aromatic N) is 6. The van der Waals surface area contributed by atoms with Crippen LogP contribution >= 0.6 is 0 Å². The van der Waals surface area contributed by atoms with Crippen LogP contribution in [0.2, 0.25) is 0 Å². The van der Waals surface area contributed by atoms with Crippen LogP contribution in [0.1, 0.15) is 24.3 Å². The molecule has 8 nitrogen and oxygen atoms in total. The zero-order chi connectivity index (χ0) is 25.1. The molecule has 1 unspecified atom stereocenters. The van der Waals surface area contributed by atoms with Crippen LogP contribution in [0.3, 0.4) is 0 Å². The van der Waals surface area contributed by atoms with E-state index in [1.807, 2.05) is 0 Å². The summed E-state index contributed by atoms with van der Waals surface area (Å²) in [5.74, 6) is 0.402. The topological polar surface area (TPSA) is 77.7 Å². The van der Waals surface area contributed by atoms with E-state index in [9.17, 15) is 9.18 Å². The average Bonchev–Trinajstić information content (AvgIpc) is 2.91. The second-order valence-electron chi connectivity index (χ2n) is 9.62. The summed E-state index contributed by atoms with van der Waals surface area (Å²) in [7, 11) is 1.72. The fourth-order valence-electron chi connectivity index (χ4n) is 5.29. The number of halogens is 1. The molecule has 9 heteroatoms. The third-order valence-electron chi connectivity index (χ3n) is 7.38. The Morgan fingerprint density at radius 2 is 1.83 bits per heavy atom. The van der Waals surface area contributed by atoms with Crippen molar-refractivity contribution in [3.8, 4) is 11.3 Å². The van der Waals surface area contributed by atoms with Gasteiger partial charge in [-0.3, -0.25) is 19.2 Å². The molecular formula is C27H33FN6O2. The minimum atomic E-state index is -0.490. The molecule has 1 N–H and O–H groups in total. The fraction of sp³-hybridized carbons (Fsp3) is 0.444. The minimum absolute atomic E-state index is 0.210. The number of aliphatic hydroxyl groups is 1. The Labute approximate surface area is 210 Å². The number of rotatable bonds is 6. The van der Waals surface area contributed by atoms with E-state index in [0.717, 1.165) is 64.9 Å². The first-order chi connectivity index (χ1) is 17.5. The summed E-state index contributed by atoms with van der Waals surface area (Å²) in [5.41, 5.74) is 2.91. The van der Waals surface area contributed by atoms with Gasteiger partial charge in [0.15, 0.2) is 5.82 Å². The molecule has 2 aromatic heterocycles. The zero-order valence-electron chi connectivity index (χ0n) is 20.7. The smallest absolute Gasteiger partial charge is 0.255 e. The predicted molar refractivity (Wildman–Crippen MR) is 139 cm³/mol. The van der Waals surface area contributed by atoms with Crippen LogP contribution in [0, 0.1) is 5.82 Å². The van der Waals surface area contributed by atoms with Gasteiger partial charge in [-0.05, 0) is 36.6 Å². The van der Waals surface area contributed by atoms with Crippen molar-refractivity contribution in [3.63, 3.8) is 0 Å². The number of piperazine rings is 1. The molecular weight excluding hydrogens is 459 g/mol. The molecule has 0 radical (unpaired) electrons. The van der Waals surface area contributed by atoms with Gasteiger partial charge in [-0.2, -0.15) is 0 Å². The molecule has 2 aliphatic rings. The molecule has 1 aromatic carbocycles. The summed E-state index contributed by atoms with van der Waals surface area (Å²) in [4.78, 5) is 28.1. The highest BCUT2D eigenvalue weighted by Gasteiger charge is 2.25. The number of hydrogen-bond acceptors (Lipinski definition) is 7. The summed E-state index contributed by atoms with van der Waals surface area (Å²) in [6.07, 6.45) is 4.71. The number of β-amino-alcohol motifs (C(OH)–C–C–N with tert-alkyl or cyclic N) is 1. The van der Waals surface area contributed by atoms with E-state index in [1.165, 1.54) is 23.5 Å². The maximum absolute atomic E-state index is 14.3. The molecule has 5 rings (SSSR count). The average molecular weight is 493 g/mol. The van der Waals surface area contributed by atoms with Gasteiger partial charge in [0, 0.05) is 82.3 Å². The number of aliphatic hydroxyl groups excluding tert-OH is 1. The van der Waals surface area contributed by atoms with E-state index in [-0.39, 0.29) is 17.7 Å². The molecule has 2 fully saturated rings. The molecule has 2 saturated heterocycles. The summed E-state index contributed by atoms with van der Waals surface area (Å²) in [6, 6.07) is 11.8. The van der Waals surface area contributed by atoms with Gasteiger partial charge in [0.2, 0.25) is 5.95 Å². The van der Waals surface area contributed by atoms with Gasteiger partial charge in [-0.25, -0.2) is 9.37 Å². The Hall–Kier alpha value is -3.30. The van der Waals surface area contributed by atoms with Crippen LogP contribution in [-0.2, 0) is 7.05 Å². The Balaban J connectivity index is 1.32. The van der Waals surface area contributed by atoms with Gasteiger partial charge >= 0.3 is 0 Å². The first-order valence-electron chi connectivity index (χ1n) is 12.6. The molecule has 0 saturated carbocycles. The summed E-state index contributed by atoms with van der Waals surface area (Å²) in [5, 5.41) is 9.16. The lowest BCUT2D eigenvalue weighted by molar-refractivity contribution is 0.189. The lowest BCUT2D eigenvalue weighted by Crippen LogP contribution is -2.47. The van der Waals surface area contributed by atoms with Gasteiger partial charge in [0.1, 0.15) is 0 Å². The first kappa shape index (κ1) is 24.4. The number of anilines is 2. The molecule has 1 atom stereocenters. The van der Waals surface area contributed by atoms with Crippen molar-refractivity contribution < 1.29 is 9.50 Å². The van der Waals surface area contributed by atoms with Gasteiger partial charge < -0.3 is 14.9 Å². The van der Waals surface area contributed by atoms with Crippen molar-refractivity contribution in [2.45, 2.75) is 18.8 Å². The van der Waals surface area contributed by atoms with Gasteiger partial charge in [0.25, 0.3) is 5.56 Å². The van der Waals surface area contributed by atoms with E-state index >= 15 is 0 Å². The zero-order valence-corrected chi connectivity index (χ0v) is 20.7. The van der Waals surface area contributed by atoms with Crippen molar-refractivity contribution in [3.05, 3.63) is 70.5 Å². The summed E-state index contributed by atoms with van der Waals surface area (Å²) >= 11 is 0. The lowest BCUT2D eigenvalue weighted by Gasteiger charge is -2.36. The highest BCUT2D eigenvalue weighted by Crippen LogP contribution is 2.31. The van der Waals surface area contributed by atoms with Crippen LogP contribution in [0.4, 0.5) is 16.0 Å². The second-order valence-corrected chi connectivity index (χ2v) is 9.62. The summed E-state index contributed by atoms with van der Waals surface area (Å²) in [6.45, 7) is 6.36. The molecule has 3 aromatic rings. The monoisotopic (exact) mass is 492 g/mol. The Bertz CT molecular complexity index is 1240. The van der Waals surface area contributed by atoms with Crippen molar-refractivity contribution in [2.75, 3.05) is 62.2 Å². The molecule has 0 spiro atoms. The summed E-state index contributed by atoms with van der Waals surface area (Å²) < 4.78 is 15.9. The molecule has 36 heavy (non-hydrogen) atoms. The third-order valence-corrected chi connectivity index (χ3v) is 7.38. The third kappa shape index (κ3) is 5.12. The normalized spacial score (nSPS) is 19.0. The van der Waals surface area contributed by atoms with Crippen LogP contribution in [0.5, 0.6) is 0 Å². The van der Waals surface area contributed by atoms with Crippen molar-refractivity contribution >= 4 is 11.6 Å². The number of piperidine rings is 1. The van der Waals surface area contributed by atoms with E-state index in [1.54, 1.807) is 17.7 Å². The van der Waals surface area contributed by atoms with Gasteiger partial charge in [-0.1, -0.05) is 12.1 Å². The highest BCUT2D eigenvalue weighted by molar-refractivity contribution is 5.60. The molecule has 190 valence electrons. The van der Waals surface area contributed by atoms with Crippen LogP contribution in [-0.4, -0.2) is 77.0 Å².